The predicted octanol–water partition coefficient (Wildman–Crippen LogP) is 2.29. The maximum Gasteiger partial charge on any atom is 0.220 e. The highest BCUT2D eigenvalue weighted by Gasteiger charge is 2.21. The average Bonchev–Trinajstić information content (AvgIpc) is 2.81. The number of hydrogen-bond donors (Lipinski definition) is 2. The minimum Gasteiger partial charge on any atom is -0.352 e. The first kappa shape index (κ1) is 14.1. The van der Waals surface area contributed by atoms with Crippen LogP contribution in [0.1, 0.15) is 38.2 Å². The summed E-state index contributed by atoms with van der Waals surface area (Å²) in [5, 5.41) is 6.51. The molecule has 1 saturated heterocycles. The Labute approximate surface area is 115 Å². The molecule has 3 nitrogen and oxygen atoms in total. The van der Waals surface area contributed by atoms with E-state index < -0.39 is 0 Å². The summed E-state index contributed by atoms with van der Waals surface area (Å²) >= 11 is 0. The zero-order valence-electron chi connectivity index (χ0n) is 11.9. The van der Waals surface area contributed by atoms with Crippen molar-refractivity contribution >= 4 is 5.91 Å². The molecular formula is C16H24N2O. The highest BCUT2D eigenvalue weighted by molar-refractivity contribution is 5.78. The number of hydrogen-bond acceptors (Lipinski definition) is 2. The normalized spacial score (nSPS) is 20.6. The molecule has 104 valence electrons. The van der Waals surface area contributed by atoms with Gasteiger partial charge in [0, 0.05) is 25.6 Å². The van der Waals surface area contributed by atoms with E-state index in [0.29, 0.717) is 24.3 Å². The summed E-state index contributed by atoms with van der Waals surface area (Å²) in [5.41, 5.74) is 1.39. The summed E-state index contributed by atoms with van der Waals surface area (Å²) < 4.78 is 0. The molecule has 2 N–H and O–H groups in total. The van der Waals surface area contributed by atoms with Crippen molar-refractivity contribution < 1.29 is 4.79 Å². The van der Waals surface area contributed by atoms with Crippen molar-refractivity contribution in [1.82, 2.24) is 10.6 Å². The van der Waals surface area contributed by atoms with E-state index in [9.17, 15) is 4.79 Å². The van der Waals surface area contributed by atoms with Gasteiger partial charge >= 0.3 is 0 Å². The first-order chi connectivity index (χ1) is 9.16. The largest absolute Gasteiger partial charge is 0.352 e. The van der Waals surface area contributed by atoms with Crippen molar-refractivity contribution in [2.24, 2.45) is 5.92 Å². The van der Waals surface area contributed by atoms with Crippen LogP contribution < -0.4 is 10.6 Å². The molecule has 0 radical (unpaired) electrons. The van der Waals surface area contributed by atoms with Crippen LogP contribution in [0.25, 0.3) is 0 Å². The van der Waals surface area contributed by atoms with E-state index in [0.717, 1.165) is 19.5 Å². The van der Waals surface area contributed by atoms with Gasteiger partial charge in [0.25, 0.3) is 0 Å². The van der Waals surface area contributed by atoms with E-state index in [1.54, 1.807) is 0 Å². The minimum atomic E-state index is 0.190. The Morgan fingerprint density at radius 1 is 1.32 bits per heavy atom. The average molecular weight is 260 g/mol. The molecule has 1 fully saturated rings. The second kappa shape index (κ2) is 6.71. The van der Waals surface area contributed by atoms with Crippen LogP contribution in [0.2, 0.25) is 0 Å². The maximum atomic E-state index is 11.1. The predicted molar refractivity (Wildman–Crippen MR) is 78.1 cm³/mol. The van der Waals surface area contributed by atoms with Gasteiger partial charge < -0.3 is 10.6 Å². The maximum absolute atomic E-state index is 11.1. The van der Waals surface area contributed by atoms with E-state index in [-0.39, 0.29) is 5.91 Å². The van der Waals surface area contributed by atoms with E-state index in [4.69, 9.17) is 0 Å². The number of nitrogens with one attached hydrogen (secondary N) is 2. The molecule has 2 rings (SSSR count). The number of rotatable bonds is 6. The van der Waals surface area contributed by atoms with Gasteiger partial charge in [-0.25, -0.2) is 0 Å². The summed E-state index contributed by atoms with van der Waals surface area (Å²) in [6, 6.07) is 11.0. The molecule has 3 heteroatoms. The van der Waals surface area contributed by atoms with Gasteiger partial charge in [-0.05, 0) is 23.8 Å². The standard InChI is InChI=1S/C16H24N2O/c1-12(2)15(13-6-4-3-5-7-13)11-17-10-14-8-9-16(19)18-14/h3-7,12,14-15,17H,8-11H2,1-2H3,(H,18,19). The number of carbonyl (C=O) groups excluding carboxylic acids is 1. The Morgan fingerprint density at radius 3 is 2.63 bits per heavy atom. The van der Waals surface area contributed by atoms with Crippen LogP contribution in [0.15, 0.2) is 30.3 Å². The van der Waals surface area contributed by atoms with Gasteiger partial charge in [-0.1, -0.05) is 44.2 Å². The van der Waals surface area contributed by atoms with Gasteiger partial charge in [0.15, 0.2) is 0 Å². The lowest BCUT2D eigenvalue weighted by Crippen LogP contribution is -2.37. The molecule has 1 aliphatic heterocycles. The molecule has 0 saturated carbocycles. The molecule has 2 atom stereocenters. The number of carbonyl (C=O) groups is 1. The molecule has 1 aromatic rings. The molecule has 19 heavy (non-hydrogen) atoms. The van der Waals surface area contributed by atoms with Crippen LogP contribution in [0.5, 0.6) is 0 Å². The molecule has 1 aromatic carbocycles. The van der Waals surface area contributed by atoms with Gasteiger partial charge in [-0.2, -0.15) is 0 Å². The Morgan fingerprint density at radius 2 is 2.05 bits per heavy atom. The van der Waals surface area contributed by atoms with Gasteiger partial charge in [0.05, 0.1) is 0 Å². The molecule has 2 unspecified atom stereocenters. The lowest BCUT2D eigenvalue weighted by atomic mass is 9.88. The summed E-state index contributed by atoms with van der Waals surface area (Å²) in [5.74, 6) is 1.32. The van der Waals surface area contributed by atoms with Crippen molar-refractivity contribution in [2.75, 3.05) is 13.1 Å². The van der Waals surface area contributed by atoms with Crippen LogP contribution in [0, 0.1) is 5.92 Å². The van der Waals surface area contributed by atoms with E-state index in [1.165, 1.54) is 5.56 Å². The summed E-state index contributed by atoms with van der Waals surface area (Å²) in [4.78, 5) is 11.1. The zero-order chi connectivity index (χ0) is 13.7. The highest BCUT2D eigenvalue weighted by Crippen LogP contribution is 2.23. The molecule has 1 aliphatic rings. The van der Waals surface area contributed by atoms with Crippen molar-refractivity contribution in [3.63, 3.8) is 0 Å². The van der Waals surface area contributed by atoms with E-state index >= 15 is 0 Å². The zero-order valence-corrected chi connectivity index (χ0v) is 11.9. The van der Waals surface area contributed by atoms with Crippen molar-refractivity contribution in [1.29, 1.82) is 0 Å². The molecule has 1 heterocycles. The van der Waals surface area contributed by atoms with Gasteiger partial charge in [0.2, 0.25) is 5.91 Å². The lowest BCUT2D eigenvalue weighted by molar-refractivity contribution is -0.119. The quantitative estimate of drug-likeness (QED) is 0.824. The smallest absolute Gasteiger partial charge is 0.220 e. The fourth-order valence-corrected chi connectivity index (χ4v) is 2.68. The van der Waals surface area contributed by atoms with Crippen molar-refractivity contribution in [3.8, 4) is 0 Å². The molecule has 0 spiro atoms. The second-order valence-corrected chi connectivity index (χ2v) is 5.72. The Hall–Kier alpha value is -1.35. The first-order valence-electron chi connectivity index (χ1n) is 7.22. The SMILES string of the molecule is CC(C)C(CNCC1CCC(=O)N1)c1ccccc1. The fourth-order valence-electron chi connectivity index (χ4n) is 2.68. The topological polar surface area (TPSA) is 41.1 Å². The summed E-state index contributed by atoms with van der Waals surface area (Å²) in [6.45, 7) is 6.36. The van der Waals surface area contributed by atoms with Gasteiger partial charge in [-0.15, -0.1) is 0 Å². The summed E-state index contributed by atoms with van der Waals surface area (Å²) in [7, 11) is 0. The number of benzene rings is 1. The highest BCUT2D eigenvalue weighted by atomic mass is 16.1. The molecular weight excluding hydrogens is 236 g/mol. The third-order valence-corrected chi connectivity index (χ3v) is 3.87. The number of amides is 1. The van der Waals surface area contributed by atoms with Gasteiger partial charge in [0.1, 0.15) is 0 Å². The first-order valence-corrected chi connectivity index (χ1v) is 7.22. The fraction of sp³-hybridized carbons (Fsp3) is 0.562. The van der Waals surface area contributed by atoms with Crippen molar-refractivity contribution in [2.45, 2.75) is 38.6 Å². The van der Waals surface area contributed by atoms with Crippen LogP contribution >= 0.6 is 0 Å². The van der Waals surface area contributed by atoms with Crippen LogP contribution in [0.4, 0.5) is 0 Å². The Kier molecular flexibility index (Phi) is 4.97. The second-order valence-electron chi connectivity index (χ2n) is 5.72. The summed E-state index contributed by atoms with van der Waals surface area (Å²) in [6.07, 6.45) is 1.64. The minimum absolute atomic E-state index is 0.190. The monoisotopic (exact) mass is 260 g/mol. The van der Waals surface area contributed by atoms with Crippen LogP contribution in [0.3, 0.4) is 0 Å². The Balaban J connectivity index is 1.83. The molecule has 0 bridgehead atoms. The van der Waals surface area contributed by atoms with E-state index in [2.05, 4.69) is 54.8 Å². The lowest BCUT2D eigenvalue weighted by Gasteiger charge is -2.23. The third kappa shape index (κ3) is 4.06. The van der Waals surface area contributed by atoms with E-state index in [1.807, 2.05) is 0 Å². The third-order valence-electron chi connectivity index (χ3n) is 3.87. The van der Waals surface area contributed by atoms with Gasteiger partial charge in [-0.3, -0.25) is 4.79 Å². The van der Waals surface area contributed by atoms with Crippen LogP contribution in [-0.4, -0.2) is 25.0 Å². The Bertz CT molecular complexity index is 402. The van der Waals surface area contributed by atoms with Crippen LogP contribution in [-0.2, 0) is 4.79 Å². The van der Waals surface area contributed by atoms with Crippen molar-refractivity contribution in [3.05, 3.63) is 35.9 Å². The molecule has 0 aromatic heterocycles. The molecule has 1 amide bonds. The molecule has 0 aliphatic carbocycles.